The molecule has 3 heterocycles. The van der Waals surface area contributed by atoms with Crippen LogP contribution in [0.15, 0.2) is 60.8 Å². The molecule has 3 aromatic rings. The average molecular weight is 482 g/mol. The van der Waals surface area contributed by atoms with Crippen LogP contribution in [0.25, 0.3) is 11.1 Å². The van der Waals surface area contributed by atoms with Crippen molar-refractivity contribution in [1.82, 2.24) is 14.8 Å². The third-order valence-electron chi connectivity index (χ3n) is 6.41. The second kappa shape index (κ2) is 8.30. The largest absolute Gasteiger partial charge is 0.416 e. The van der Waals surface area contributed by atoms with Crippen LogP contribution in [0.2, 0.25) is 0 Å². The van der Waals surface area contributed by atoms with Crippen molar-refractivity contribution >= 4 is 23.4 Å². The van der Waals surface area contributed by atoms with Gasteiger partial charge >= 0.3 is 6.18 Å². The summed E-state index contributed by atoms with van der Waals surface area (Å²) in [6.07, 6.45) is -2.50. The molecule has 0 unspecified atom stereocenters. The highest BCUT2D eigenvalue weighted by Crippen LogP contribution is 2.35. The molecule has 0 bridgehead atoms. The molecule has 3 amide bonds. The molecule has 0 spiro atoms. The molecule has 1 saturated heterocycles. The number of rotatable bonds is 3. The van der Waals surface area contributed by atoms with E-state index in [9.17, 15) is 27.6 Å². The molecule has 2 atom stereocenters. The molecule has 2 aliphatic heterocycles. The van der Waals surface area contributed by atoms with Crippen LogP contribution in [0.5, 0.6) is 0 Å². The predicted octanol–water partition coefficient (Wildman–Crippen LogP) is 3.68. The maximum Gasteiger partial charge on any atom is 0.416 e. The summed E-state index contributed by atoms with van der Waals surface area (Å²) in [5, 5.41) is 5.63. The van der Waals surface area contributed by atoms with E-state index < -0.39 is 29.7 Å². The molecule has 0 saturated carbocycles. The zero-order chi connectivity index (χ0) is 24.9. The van der Waals surface area contributed by atoms with E-state index in [1.54, 1.807) is 36.0 Å². The molecule has 5 rings (SSSR count). The van der Waals surface area contributed by atoms with E-state index in [1.807, 2.05) is 0 Å². The molecule has 180 valence electrons. The molecule has 7 nitrogen and oxygen atoms in total. The molecule has 35 heavy (non-hydrogen) atoms. The van der Waals surface area contributed by atoms with Crippen molar-refractivity contribution < 1.29 is 27.6 Å². The zero-order valence-electron chi connectivity index (χ0n) is 18.6. The van der Waals surface area contributed by atoms with E-state index >= 15 is 0 Å². The molecule has 1 aromatic heterocycles. The Labute approximate surface area is 198 Å². The minimum Gasteiger partial charge on any atom is -0.347 e. The summed E-state index contributed by atoms with van der Waals surface area (Å²) >= 11 is 0. The molecule has 10 heteroatoms. The number of benzene rings is 2. The molecule has 2 aromatic carbocycles. The minimum atomic E-state index is -4.49. The van der Waals surface area contributed by atoms with Gasteiger partial charge in [0.1, 0.15) is 11.7 Å². The Morgan fingerprint density at radius 3 is 2.54 bits per heavy atom. The van der Waals surface area contributed by atoms with Gasteiger partial charge in [0, 0.05) is 25.8 Å². The van der Waals surface area contributed by atoms with Crippen LogP contribution >= 0.6 is 0 Å². The molecule has 0 aliphatic carbocycles. The van der Waals surface area contributed by atoms with Gasteiger partial charge in [0.15, 0.2) is 0 Å². The van der Waals surface area contributed by atoms with E-state index in [0.29, 0.717) is 22.5 Å². The van der Waals surface area contributed by atoms with E-state index in [1.165, 1.54) is 29.2 Å². The first-order chi connectivity index (χ1) is 16.6. The Balaban J connectivity index is 1.42. The monoisotopic (exact) mass is 482 g/mol. The lowest BCUT2D eigenvalue weighted by atomic mass is 9.99. The quantitative estimate of drug-likeness (QED) is 0.598. The fraction of sp³-hybridized carbons (Fsp3) is 0.240. The van der Waals surface area contributed by atoms with Gasteiger partial charge in [-0.25, -0.2) is 0 Å². The molecule has 2 aliphatic rings. The summed E-state index contributed by atoms with van der Waals surface area (Å²) in [7, 11) is 1.74. The number of carbonyl (C=O) groups is 3. The van der Waals surface area contributed by atoms with Gasteiger partial charge in [0.2, 0.25) is 5.91 Å². The molecule has 2 N–H and O–H groups in total. The maximum atomic E-state index is 13.4. The number of aromatic nitrogens is 1. The number of amides is 3. The predicted molar refractivity (Wildman–Crippen MR) is 122 cm³/mol. The van der Waals surface area contributed by atoms with E-state index in [4.69, 9.17) is 0 Å². The standard InChI is InChI=1S/C25H21F3N4O3/c1-31-9-3-6-20(31)22(33)29-17-12-21-23(34)30-19-8-7-15(11-18(19)24(35)32(21)13-17)14-4-2-5-16(10-14)25(26,27)28/h2-11,17,21H,12-13H2,1H3,(H,29,33)(H,30,34)/t17-,21-/m0/s1. The van der Waals surface area contributed by atoms with E-state index in [2.05, 4.69) is 10.6 Å². The number of hydrogen-bond acceptors (Lipinski definition) is 3. The number of carbonyl (C=O) groups excluding carboxylic acids is 3. The lowest BCUT2D eigenvalue weighted by Gasteiger charge is -2.20. The highest BCUT2D eigenvalue weighted by Gasteiger charge is 2.43. The SMILES string of the molecule is Cn1cccc1C(=O)N[C@H]1C[C@H]2C(=O)Nc3ccc(-c4cccc(C(F)(F)F)c4)cc3C(=O)N2C1. The first kappa shape index (κ1) is 22.7. The fourth-order valence-corrected chi connectivity index (χ4v) is 4.63. The van der Waals surface area contributed by atoms with Crippen molar-refractivity contribution in [3.8, 4) is 11.1 Å². The Kier molecular flexibility index (Phi) is 5.38. The second-order valence-corrected chi connectivity index (χ2v) is 8.71. The number of alkyl halides is 3. The van der Waals surface area contributed by atoms with Gasteiger partial charge in [-0.3, -0.25) is 14.4 Å². The van der Waals surface area contributed by atoms with Gasteiger partial charge in [-0.2, -0.15) is 13.2 Å². The number of aryl methyl sites for hydroxylation is 1. The van der Waals surface area contributed by atoms with Crippen LogP contribution in [-0.4, -0.2) is 45.8 Å². The van der Waals surface area contributed by atoms with Gasteiger partial charge in [0.25, 0.3) is 11.8 Å². The summed E-state index contributed by atoms with van der Waals surface area (Å²) in [4.78, 5) is 40.3. The Hall–Kier alpha value is -4.08. The Morgan fingerprint density at radius 1 is 1.06 bits per heavy atom. The van der Waals surface area contributed by atoms with Crippen LogP contribution in [0, 0.1) is 0 Å². The summed E-state index contributed by atoms with van der Waals surface area (Å²) in [6, 6.07) is 11.7. The highest BCUT2D eigenvalue weighted by atomic mass is 19.4. The van der Waals surface area contributed by atoms with Crippen LogP contribution in [0.3, 0.4) is 0 Å². The van der Waals surface area contributed by atoms with Crippen LogP contribution in [0.1, 0.15) is 32.8 Å². The van der Waals surface area contributed by atoms with E-state index in [0.717, 1.165) is 12.1 Å². The fourth-order valence-electron chi connectivity index (χ4n) is 4.63. The van der Waals surface area contributed by atoms with Crippen molar-refractivity contribution in [3.05, 3.63) is 77.6 Å². The lowest BCUT2D eigenvalue weighted by molar-refractivity contribution is -0.137. The summed E-state index contributed by atoms with van der Waals surface area (Å²) in [5.74, 6) is -1.10. The van der Waals surface area contributed by atoms with Gasteiger partial charge in [0.05, 0.1) is 16.8 Å². The third-order valence-corrected chi connectivity index (χ3v) is 6.41. The average Bonchev–Trinajstić information content (AvgIpc) is 3.42. The summed E-state index contributed by atoms with van der Waals surface area (Å²) < 4.78 is 41.2. The van der Waals surface area contributed by atoms with Gasteiger partial charge < -0.3 is 20.1 Å². The van der Waals surface area contributed by atoms with Crippen molar-refractivity contribution in [2.24, 2.45) is 7.05 Å². The van der Waals surface area contributed by atoms with Gasteiger partial charge in [-0.15, -0.1) is 0 Å². The number of hydrogen-bond donors (Lipinski definition) is 2. The number of fused-ring (bicyclic) bond motifs is 2. The number of anilines is 1. The molecular formula is C25H21F3N4O3. The van der Waals surface area contributed by atoms with Crippen LogP contribution < -0.4 is 10.6 Å². The first-order valence-corrected chi connectivity index (χ1v) is 11.0. The maximum absolute atomic E-state index is 13.4. The van der Waals surface area contributed by atoms with Crippen LogP contribution in [0.4, 0.5) is 18.9 Å². The Morgan fingerprint density at radius 2 is 1.83 bits per heavy atom. The van der Waals surface area contributed by atoms with Crippen molar-refractivity contribution in [2.75, 3.05) is 11.9 Å². The minimum absolute atomic E-state index is 0.139. The van der Waals surface area contributed by atoms with E-state index in [-0.39, 0.29) is 30.3 Å². The molecule has 0 radical (unpaired) electrons. The summed E-state index contributed by atoms with van der Waals surface area (Å²) in [6.45, 7) is 0.139. The van der Waals surface area contributed by atoms with Gasteiger partial charge in [-0.1, -0.05) is 18.2 Å². The smallest absolute Gasteiger partial charge is 0.347 e. The number of nitrogens with one attached hydrogen (secondary N) is 2. The Bertz CT molecular complexity index is 1350. The van der Waals surface area contributed by atoms with Crippen molar-refractivity contribution in [3.63, 3.8) is 0 Å². The van der Waals surface area contributed by atoms with Crippen LogP contribution in [-0.2, 0) is 18.0 Å². The normalized spacial score (nSPS) is 19.6. The second-order valence-electron chi connectivity index (χ2n) is 8.71. The highest BCUT2D eigenvalue weighted by molar-refractivity contribution is 6.11. The van der Waals surface area contributed by atoms with Crippen molar-refractivity contribution in [1.29, 1.82) is 0 Å². The first-order valence-electron chi connectivity index (χ1n) is 11.0. The van der Waals surface area contributed by atoms with Crippen molar-refractivity contribution in [2.45, 2.75) is 24.7 Å². The van der Waals surface area contributed by atoms with Gasteiger partial charge in [-0.05, 0) is 53.9 Å². The number of halogens is 3. The topological polar surface area (TPSA) is 83.4 Å². The third kappa shape index (κ3) is 4.16. The molecular weight excluding hydrogens is 461 g/mol. The zero-order valence-corrected chi connectivity index (χ0v) is 18.6. The number of nitrogens with zero attached hydrogens (tertiary/aromatic N) is 2. The lowest BCUT2D eigenvalue weighted by Crippen LogP contribution is -2.41. The summed E-state index contributed by atoms with van der Waals surface area (Å²) in [5.41, 5.74) is 0.875. The molecule has 1 fully saturated rings.